The van der Waals surface area contributed by atoms with Gasteiger partial charge in [-0.25, -0.2) is 14.8 Å². The van der Waals surface area contributed by atoms with Gasteiger partial charge in [-0.1, -0.05) is 6.07 Å². The van der Waals surface area contributed by atoms with E-state index >= 15 is 0 Å². The van der Waals surface area contributed by atoms with E-state index in [4.69, 9.17) is 4.98 Å². The highest BCUT2D eigenvalue weighted by molar-refractivity contribution is 7.22. The lowest BCUT2D eigenvalue weighted by molar-refractivity contribution is 0.0699. The van der Waals surface area contributed by atoms with Gasteiger partial charge in [0.15, 0.2) is 0 Å². The molecule has 0 saturated carbocycles. The number of fused-ring (bicyclic) bond motifs is 1. The molecular weight excluding hydrogens is 396 g/mol. The number of benzene rings is 1. The molecule has 2 aromatic heterocycles. The van der Waals surface area contributed by atoms with Gasteiger partial charge in [0, 0.05) is 29.4 Å². The summed E-state index contributed by atoms with van der Waals surface area (Å²) < 4.78 is 0.954. The maximum atomic E-state index is 11.5. The second kappa shape index (κ2) is 9.10. The average Bonchev–Trinajstić information content (AvgIpc) is 3.16. The van der Waals surface area contributed by atoms with Crippen molar-refractivity contribution in [1.82, 2.24) is 14.9 Å². The molecule has 1 atom stereocenters. The maximum Gasteiger partial charge on any atom is 0.336 e. The number of piperidine rings is 1. The first kappa shape index (κ1) is 20.8. The normalized spacial score (nSPS) is 17.3. The Balaban J connectivity index is 1.45. The van der Waals surface area contributed by atoms with E-state index in [1.807, 2.05) is 25.3 Å². The van der Waals surface area contributed by atoms with Crippen molar-refractivity contribution in [3.8, 4) is 10.6 Å². The minimum absolute atomic E-state index is 0.327. The Labute approximate surface area is 181 Å². The summed E-state index contributed by atoms with van der Waals surface area (Å²) in [6, 6.07) is 7.32. The smallest absolute Gasteiger partial charge is 0.336 e. The number of aryl methyl sites for hydroxylation is 1. The fourth-order valence-corrected chi connectivity index (χ4v) is 5.38. The number of anilines is 1. The SMILES string of the molecule is Cc1cnc(NCCCC2CCCN(C)C2)nc1-c1cc2c(C(=O)O)cccc2s1. The summed E-state index contributed by atoms with van der Waals surface area (Å²) in [6.07, 6.45) is 6.81. The Bertz CT molecular complexity index is 1050. The number of rotatable bonds is 7. The Morgan fingerprint density at radius 2 is 2.27 bits per heavy atom. The number of carboxylic acids is 1. The summed E-state index contributed by atoms with van der Waals surface area (Å²) in [5, 5.41) is 13.6. The van der Waals surface area contributed by atoms with Gasteiger partial charge in [-0.15, -0.1) is 11.3 Å². The maximum absolute atomic E-state index is 11.5. The number of nitrogens with one attached hydrogen (secondary N) is 1. The van der Waals surface area contributed by atoms with Crippen LogP contribution in [0.3, 0.4) is 0 Å². The fourth-order valence-electron chi connectivity index (χ4n) is 4.24. The summed E-state index contributed by atoms with van der Waals surface area (Å²) >= 11 is 1.57. The highest BCUT2D eigenvalue weighted by atomic mass is 32.1. The van der Waals surface area contributed by atoms with E-state index in [1.54, 1.807) is 23.5 Å². The van der Waals surface area contributed by atoms with E-state index in [-0.39, 0.29) is 0 Å². The van der Waals surface area contributed by atoms with Gasteiger partial charge in [0.1, 0.15) is 0 Å². The molecule has 4 rings (SSSR count). The Morgan fingerprint density at radius 3 is 3.07 bits per heavy atom. The minimum atomic E-state index is -0.907. The summed E-state index contributed by atoms with van der Waals surface area (Å²) in [7, 11) is 2.21. The van der Waals surface area contributed by atoms with Crippen LogP contribution in [0.2, 0.25) is 0 Å². The summed E-state index contributed by atoms with van der Waals surface area (Å²) in [5.74, 6) is 0.519. The molecule has 0 aliphatic carbocycles. The molecule has 3 aromatic rings. The molecule has 0 spiro atoms. The van der Waals surface area contributed by atoms with Crippen molar-refractivity contribution in [2.75, 3.05) is 32.0 Å². The van der Waals surface area contributed by atoms with Crippen molar-refractivity contribution in [2.45, 2.75) is 32.6 Å². The molecule has 1 fully saturated rings. The van der Waals surface area contributed by atoms with Crippen molar-refractivity contribution < 1.29 is 9.90 Å². The molecule has 1 unspecified atom stereocenters. The van der Waals surface area contributed by atoms with Crippen LogP contribution in [-0.2, 0) is 0 Å². The van der Waals surface area contributed by atoms with E-state index in [1.165, 1.54) is 32.4 Å². The zero-order valence-electron chi connectivity index (χ0n) is 17.5. The zero-order chi connectivity index (χ0) is 21.1. The lowest BCUT2D eigenvalue weighted by Gasteiger charge is -2.29. The van der Waals surface area contributed by atoms with Crippen LogP contribution in [0, 0.1) is 12.8 Å². The predicted octanol–water partition coefficient (Wildman–Crippen LogP) is 4.90. The molecule has 0 radical (unpaired) electrons. The highest BCUT2D eigenvalue weighted by Gasteiger charge is 2.17. The van der Waals surface area contributed by atoms with Crippen LogP contribution < -0.4 is 5.32 Å². The highest BCUT2D eigenvalue weighted by Crippen LogP contribution is 2.36. The number of carboxylic acid groups (broad SMARTS) is 1. The lowest BCUT2D eigenvalue weighted by atomic mass is 9.94. The second-order valence-electron chi connectivity index (χ2n) is 8.20. The van der Waals surface area contributed by atoms with Gasteiger partial charge in [0.05, 0.1) is 16.1 Å². The summed E-state index contributed by atoms with van der Waals surface area (Å²) in [4.78, 5) is 24.1. The largest absolute Gasteiger partial charge is 0.478 e. The minimum Gasteiger partial charge on any atom is -0.478 e. The molecule has 1 aromatic carbocycles. The van der Waals surface area contributed by atoms with Crippen molar-refractivity contribution in [3.05, 3.63) is 41.6 Å². The molecule has 1 aliphatic heterocycles. The van der Waals surface area contributed by atoms with E-state index < -0.39 is 5.97 Å². The van der Waals surface area contributed by atoms with Crippen LogP contribution in [0.5, 0.6) is 0 Å². The molecular formula is C23H28N4O2S. The number of likely N-dealkylation sites (tertiary alicyclic amines) is 1. The van der Waals surface area contributed by atoms with E-state index in [0.29, 0.717) is 11.5 Å². The summed E-state index contributed by atoms with van der Waals surface area (Å²) in [6.45, 7) is 5.27. The lowest BCUT2D eigenvalue weighted by Crippen LogP contribution is -2.32. The topological polar surface area (TPSA) is 78.4 Å². The summed E-state index contributed by atoms with van der Waals surface area (Å²) in [5.41, 5.74) is 2.17. The monoisotopic (exact) mass is 424 g/mol. The molecule has 0 bridgehead atoms. The first-order chi connectivity index (χ1) is 14.5. The standard InChI is InChI=1S/C23H28N4O2S/c1-15-13-25-23(24-10-4-6-16-7-5-11-27(2)14-16)26-21(15)20-12-18-17(22(28)29)8-3-9-19(18)30-20/h3,8-9,12-13,16H,4-7,10-11,14H2,1-2H3,(H,28,29)(H,24,25,26). The first-order valence-corrected chi connectivity index (χ1v) is 11.3. The molecule has 30 heavy (non-hydrogen) atoms. The number of hydrogen-bond donors (Lipinski definition) is 2. The van der Waals surface area contributed by atoms with Gasteiger partial charge in [-0.3, -0.25) is 0 Å². The number of thiophene rings is 1. The van der Waals surface area contributed by atoms with Gasteiger partial charge < -0.3 is 15.3 Å². The van der Waals surface area contributed by atoms with E-state index in [2.05, 4.69) is 22.2 Å². The third-order valence-corrected chi connectivity index (χ3v) is 6.90. The number of aromatic nitrogens is 2. The van der Waals surface area contributed by atoms with Gasteiger partial charge in [-0.05, 0) is 75.9 Å². The molecule has 6 nitrogen and oxygen atoms in total. The van der Waals surface area contributed by atoms with Gasteiger partial charge in [-0.2, -0.15) is 0 Å². The average molecular weight is 425 g/mol. The number of hydrogen-bond acceptors (Lipinski definition) is 6. The number of carbonyl (C=O) groups is 1. The van der Waals surface area contributed by atoms with Crippen molar-refractivity contribution in [1.29, 1.82) is 0 Å². The van der Waals surface area contributed by atoms with Gasteiger partial charge >= 0.3 is 5.97 Å². The predicted molar refractivity (Wildman–Crippen MR) is 122 cm³/mol. The van der Waals surface area contributed by atoms with Crippen molar-refractivity contribution >= 4 is 33.3 Å². The molecule has 1 aliphatic rings. The molecule has 158 valence electrons. The van der Waals surface area contributed by atoms with E-state index in [0.717, 1.165) is 45.1 Å². The van der Waals surface area contributed by atoms with Crippen molar-refractivity contribution in [3.63, 3.8) is 0 Å². The Kier molecular flexibility index (Phi) is 6.29. The van der Waals surface area contributed by atoms with Crippen LogP contribution in [0.25, 0.3) is 20.7 Å². The molecule has 0 amide bonds. The van der Waals surface area contributed by atoms with Crippen LogP contribution >= 0.6 is 11.3 Å². The van der Waals surface area contributed by atoms with Gasteiger partial charge in [0.25, 0.3) is 0 Å². The zero-order valence-corrected chi connectivity index (χ0v) is 18.3. The third kappa shape index (κ3) is 4.63. The third-order valence-electron chi connectivity index (χ3n) is 5.79. The van der Waals surface area contributed by atoms with Gasteiger partial charge in [0.2, 0.25) is 5.95 Å². The molecule has 2 N–H and O–H groups in total. The van der Waals surface area contributed by atoms with Crippen molar-refractivity contribution in [2.24, 2.45) is 5.92 Å². The quantitative estimate of drug-likeness (QED) is 0.525. The molecule has 7 heteroatoms. The number of aromatic carboxylic acids is 1. The van der Waals surface area contributed by atoms with Crippen LogP contribution in [0.15, 0.2) is 30.5 Å². The first-order valence-electron chi connectivity index (χ1n) is 10.5. The number of nitrogens with zero attached hydrogens (tertiary/aromatic N) is 3. The molecule has 3 heterocycles. The Morgan fingerprint density at radius 1 is 1.40 bits per heavy atom. The van der Waals surface area contributed by atoms with Crippen LogP contribution in [0.4, 0.5) is 5.95 Å². The Hall–Kier alpha value is -2.51. The second-order valence-corrected chi connectivity index (χ2v) is 9.28. The van der Waals surface area contributed by atoms with Crippen LogP contribution in [0.1, 0.15) is 41.6 Å². The van der Waals surface area contributed by atoms with Crippen LogP contribution in [-0.4, -0.2) is 52.6 Å². The molecule has 1 saturated heterocycles. The fraction of sp³-hybridized carbons (Fsp3) is 0.435. The van der Waals surface area contributed by atoms with E-state index in [9.17, 15) is 9.90 Å².